The van der Waals surface area contributed by atoms with E-state index < -0.39 is 8.07 Å². The number of benzene rings is 4. The van der Waals surface area contributed by atoms with Gasteiger partial charge >= 0.3 is 0 Å². The predicted molar refractivity (Wildman–Crippen MR) is 143 cm³/mol. The van der Waals surface area contributed by atoms with Crippen molar-refractivity contribution >= 4 is 28.8 Å². The maximum atomic E-state index is 2.40. The van der Waals surface area contributed by atoms with Crippen LogP contribution < -0.4 is 20.7 Å². The fraction of sp³-hybridized carbons (Fsp3) is 0.226. The zero-order valence-electron chi connectivity index (χ0n) is 20.2. The lowest BCUT2D eigenvalue weighted by molar-refractivity contribution is 0.590. The molecule has 4 rings (SSSR count). The summed E-state index contributed by atoms with van der Waals surface area (Å²) in [4.78, 5) is 0. The summed E-state index contributed by atoms with van der Waals surface area (Å²) in [5, 5.41) is 5.72. The quantitative estimate of drug-likeness (QED) is 0.302. The molecule has 162 valence electrons. The summed E-state index contributed by atoms with van der Waals surface area (Å²) in [7, 11) is -2.45. The largest absolute Gasteiger partial charge is 0.179 e. The molecule has 0 aliphatic heterocycles. The van der Waals surface area contributed by atoms with Crippen molar-refractivity contribution in [3.05, 3.63) is 119 Å². The molecule has 0 aliphatic rings. The van der Waals surface area contributed by atoms with Crippen LogP contribution in [0.2, 0.25) is 0 Å². The molecule has 0 heterocycles. The Bertz CT molecular complexity index is 1060. The smallest absolute Gasteiger partial charge is 0.0616 e. The van der Waals surface area contributed by atoms with E-state index in [2.05, 4.69) is 139 Å². The van der Waals surface area contributed by atoms with Gasteiger partial charge < -0.3 is 0 Å². The highest BCUT2D eigenvalue weighted by Crippen LogP contribution is 2.22. The van der Waals surface area contributed by atoms with Crippen molar-refractivity contribution in [2.75, 3.05) is 0 Å². The van der Waals surface area contributed by atoms with E-state index in [4.69, 9.17) is 0 Å². The van der Waals surface area contributed by atoms with Crippen LogP contribution in [0.25, 0.3) is 0 Å². The first-order chi connectivity index (χ1) is 15.2. The number of hydrogen-bond acceptors (Lipinski definition) is 0. The molecule has 4 aromatic rings. The molecule has 32 heavy (non-hydrogen) atoms. The second-order valence-corrected chi connectivity index (χ2v) is 14.0. The fourth-order valence-corrected chi connectivity index (χ4v) is 9.30. The Morgan fingerprint density at radius 2 is 0.656 bits per heavy atom. The minimum atomic E-state index is -2.45. The van der Waals surface area contributed by atoms with Gasteiger partial charge in [0.05, 0.1) is 0 Å². The topological polar surface area (TPSA) is 0 Å². The van der Waals surface area contributed by atoms with E-state index in [0.717, 1.165) is 0 Å². The molecule has 4 aromatic carbocycles. The Hall–Kier alpha value is -2.90. The van der Waals surface area contributed by atoms with Crippen molar-refractivity contribution < 1.29 is 0 Å². The van der Waals surface area contributed by atoms with Crippen LogP contribution in [0.15, 0.2) is 97.1 Å². The molecule has 0 radical (unpaired) electrons. The Balaban J connectivity index is 2.08. The van der Waals surface area contributed by atoms with Crippen molar-refractivity contribution in [2.45, 2.75) is 47.0 Å². The number of hydrogen-bond donors (Lipinski definition) is 0. The molecule has 0 unspecified atom stereocenters. The highest BCUT2D eigenvalue weighted by molar-refractivity contribution is 7.19. The molecule has 0 saturated heterocycles. The fourth-order valence-electron chi connectivity index (χ4n) is 4.63. The van der Waals surface area contributed by atoms with Gasteiger partial charge in [0.15, 0.2) is 8.07 Å². The van der Waals surface area contributed by atoms with Gasteiger partial charge in [0.2, 0.25) is 0 Å². The predicted octanol–water partition coefficient (Wildman–Crippen LogP) is 5.29. The standard InChI is InChI=1S/C31H34Si/c1-23-7-15-27(16-8-23)32(28-17-9-24(2)10-18-28,29-19-11-25(3)12-20-29)30-21-13-26(14-22-30)31(4,5)6/h7-22H,1-6H3. The average Bonchev–Trinajstić information content (AvgIpc) is 2.77. The zero-order valence-corrected chi connectivity index (χ0v) is 21.2. The van der Waals surface area contributed by atoms with Crippen LogP contribution in [0.5, 0.6) is 0 Å². The van der Waals surface area contributed by atoms with Gasteiger partial charge in [-0.3, -0.25) is 0 Å². The van der Waals surface area contributed by atoms with E-state index in [1.165, 1.54) is 43.0 Å². The molecule has 0 spiro atoms. The summed E-state index contributed by atoms with van der Waals surface area (Å²) in [6, 6.07) is 37.2. The van der Waals surface area contributed by atoms with Crippen LogP contribution in [0.1, 0.15) is 43.0 Å². The van der Waals surface area contributed by atoms with E-state index in [0.29, 0.717) is 0 Å². The Morgan fingerprint density at radius 1 is 0.406 bits per heavy atom. The summed E-state index contributed by atoms with van der Waals surface area (Å²) in [6.45, 7) is 13.4. The van der Waals surface area contributed by atoms with Crippen LogP contribution in [0.4, 0.5) is 0 Å². The summed E-state index contributed by atoms with van der Waals surface area (Å²) >= 11 is 0. The number of aryl methyl sites for hydroxylation is 3. The molecule has 1 heteroatoms. The zero-order chi connectivity index (χ0) is 22.9. The van der Waals surface area contributed by atoms with Crippen molar-refractivity contribution in [1.82, 2.24) is 0 Å². The molecule has 0 aliphatic carbocycles. The van der Waals surface area contributed by atoms with Gasteiger partial charge in [-0.25, -0.2) is 0 Å². The minimum Gasteiger partial charge on any atom is -0.0616 e. The highest BCUT2D eigenvalue weighted by Gasteiger charge is 2.41. The minimum absolute atomic E-state index is 0.139. The summed E-state index contributed by atoms with van der Waals surface area (Å²) in [6.07, 6.45) is 0. The molecular formula is C31H34Si. The highest BCUT2D eigenvalue weighted by atomic mass is 28.3. The molecule has 0 saturated carbocycles. The van der Waals surface area contributed by atoms with E-state index in [9.17, 15) is 0 Å². The third-order valence-corrected chi connectivity index (χ3v) is 11.4. The van der Waals surface area contributed by atoms with Crippen LogP contribution in [0, 0.1) is 20.8 Å². The van der Waals surface area contributed by atoms with Crippen molar-refractivity contribution in [3.8, 4) is 0 Å². The summed E-state index contributed by atoms with van der Waals surface area (Å²) in [5.74, 6) is 0. The molecule has 0 amide bonds. The normalized spacial score (nSPS) is 12.1. The Labute approximate surface area is 195 Å². The summed E-state index contributed by atoms with van der Waals surface area (Å²) < 4.78 is 0. The average molecular weight is 435 g/mol. The Morgan fingerprint density at radius 3 is 0.906 bits per heavy atom. The van der Waals surface area contributed by atoms with Crippen molar-refractivity contribution in [3.63, 3.8) is 0 Å². The maximum absolute atomic E-state index is 2.45. The first-order valence-corrected chi connectivity index (χ1v) is 13.5. The van der Waals surface area contributed by atoms with Gasteiger partial charge in [-0.1, -0.05) is 135 Å². The van der Waals surface area contributed by atoms with Gasteiger partial charge in [-0.15, -0.1) is 0 Å². The van der Waals surface area contributed by atoms with Crippen LogP contribution in [-0.4, -0.2) is 8.07 Å². The van der Waals surface area contributed by atoms with Gasteiger partial charge in [0.25, 0.3) is 0 Å². The van der Waals surface area contributed by atoms with E-state index >= 15 is 0 Å². The molecule has 0 bridgehead atoms. The second-order valence-electron chi connectivity index (χ2n) is 10.2. The van der Waals surface area contributed by atoms with Crippen LogP contribution in [0.3, 0.4) is 0 Å². The molecule has 0 N–H and O–H groups in total. The van der Waals surface area contributed by atoms with Crippen LogP contribution in [-0.2, 0) is 5.41 Å². The third kappa shape index (κ3) is 4.10. The van der Waals surface area contributed by atoms with Crippen LogP contribution >= 0.6 is 0 Å². The Kier molecular flexibility index (Phi) is 5.96. The van der Waals surface area contributed by atoms with Gasteiger partial charge in [0.1, 0.15) is 0 Å². The molecule has 0 aromatic heterocycles. The first-order valence-electron chi connectivity index (χ1n) is 11.5. The van der Waals surface area contributed by atoms with Gasteiger partial charge in [-0.2, -0.15) is 0 Å². The van der Waals surface area contributed by atoms with Gasteiger partial charge in [-0.05, 0) is 52.5 Å². The second kappa shape index (κ2) is 8.56. The molecule has 0 atom stereocenters. The number of rotatable bonds is 4. The lowest BCUT2D eigenvalue weighted by Gasteiger charge is -2.35. The third-order valence-electron chi connectivity index (χ3n) is 6.64. The van der Waals surface area contributed by atoms with E-state index in [1.807, 2.05) is 0 Å². The first kappa shape index (κ1) is 22.3. The maximum Gasteiger partial charge on any atom is 0.179 e. The summed E-state index contributed by atoms with van der Waals surface area (Å²) in [5.41, 5.74) is 5.41. The lowest BCUT2D eigenvalue weighted by atomic mass is 9.87. The van der Waals surface area contributed by atoms with E-state index in [-0.39, 0.29) is 5.41 Å². The lowest BCUT2D eigenvalue weighted by Crippen LogP contribution is -2.74. The van der Waals surface area contributed by atoms with Crippen molar-refractivity contribution in [2.24, 2.45) is 0 Å². The molecule has 0 fully saturated rings. The molecule has 0 nitrogen and oxygen atoms in total. The van der Waals surface area contributed by atoms with Gasteiger partial charge in [0, 0.05) is 0 Å². The van der Waals surface area contributed by atoms with E-state index in [1.54, 1.807) is 0 Å². The van der Waals surface area contributed by atoms with Crippen molar-refractivity contribution in [1.29, 1.82) is 0 Å². The monoisotopic (exact) mass is 434 g/mol. The SMILES string of the molecule is Cc1ccc([Si](c2ccc(C)cc2)(c2ccc(C)cc2)c2ccc(C(C)(C)C)cc2)cc1. The molecular weight excluding hydrogens is 400 g/mol.